The monoisotopic (exact) mass is 207 g/mol. The van der Waals surface area contributed by atoms with Crippen molar-refractivity contribution in [2.45, 2.75) is 19.9 Å². The highest BCUT2D eigenvalue weighted by molar-refractivity contribution is 5.94. The summed E-state index contributed by atoms with van der Waals surface area (Å²) in [4.78, 5) is 13.5. The van der Waals surface area contributed by atoms with E-state index in [0.29, 0.717) is 0 Å². The molecule has 82 valence electrons. The molecule has 0 aliphatic carbocycles. The van der Waals surface area contributed by atoms with E-state index in [2.05, 4.69) is 0 Å². The summed E-state index contributed by atoms with van der Waals surface area (Å²) < 4.78 is 4.87. The van der Waals surface area contributed by atoms with Crippen LogP contribution in [-0.2, 0) is 9.53 Å². The van der Waals surface area contributed by atoms with Gasteiger partial charge in [-0.1, -0.05) is 18.2 Å². The normalized spacial score (nSPS) is 10.4. The minimum absolute atomic E-state index is 0.0151. The quantitative estimate of drug-likeness (QED) is 0.756. The topological polar surface area (TPSA) is 29.5 Å². The smallest absolute Gasteiger partial charge is 0.253 e. The van der Waals surface area contributed by atoms with Crippen LogP contribution < -0.4 is 4.90 Å². The summed E-state index contributed by atoms with van der Waals surface area (Å²) in [6.45, 7) is 4.09. The molecule has 0 saturated heterocycles. The lowest BCUT2D eigenvalue weighted by atomic mass is 10.2. The van der Waals surface area contributed by atoms with Crippen molar-refractivity contribution < 1.29 is 9.53 Å². The molecule has 0 aliphatic rings. The number of hydrogen-bond acceptors (Lipinski definition) is 2. The van der Waals surface area contributed by atoms with Gasteiger partial charge in [-0.3, -0.25) is 4.79 Å². The summed E-state index contributed by atoms with van der Waals surface area (Å²) in [7, 11) is 1.53. The average molecular weight is 207 g/mol. The Morgan fingerprint density at radius 1 is 1.33 bits per heavy atom. The van der Waals surface area contributed by atoms with E-state index >= 15 is 0 Å². The van der Waals surface area contributed by atoms with Crippen molar-refractivity contribution in [1.82, 2.24) is 0 Å². The molecule has 1 aromatic carbocycles. The first-order valence-electron chi connectivity index (χ1n) is 5.03. The minimum atomic E-state index is -0.0151. The predicted molar refractivity (Wildman–Crippen MR) is 60.9 cm³/mol. The van der Waals surface area contributed by atoms with Gasteiger partial charge in [-0.15, -0.1) is 0 Å². The Hall–Kier alpha value is -1.35. The van der Waals surface area contributed by atoms with Crippen molar-refractivity contribution in [2.75, 3.05) is 18.6 Å². The zero-order valence-corrected chi connectivity index (χ0v) is 9.43. The minimum Gasteiger partial charge on any atom is -0.375 e. The number of ether oxygens (including phenoxy) is 1. The van der Waals surface area contributed by atoms with Gasteiger partial charge in [0.25, 0.3) is 5.91 Å². The lowest BCUT2D eigenvalue weighted by molar-refractivity contribution is -0.122. The number of benzene rings is 1. The number of anilines is 1. The number of carbonyl (C=O) groups is 1. The van der Waals surface area contributed by atoms with Crippen molar-refractivity contribution >= 4 is 11.6 Å². The van der Waals surface area contributed by atoms with E-state index in [1.54, 1.807) is 4.90 Å². The number of amides is 1. The third kappa shape index (κ3) is 3.06. The van der Waals surface area contributed by atoms with Crippen LogP contribution in [0, 0.1) is 0 Å². The molecule has 15 heavy (non-hydrogen) atoms. The number of rotatable bonds is 4. The van der Waals surface area contributed by atoms with Crippen LogP contribution in [0.15, 0.2) is 30.3 Å². The fraction of sp³-hybridized carbons (Fsp3) is 0.417. The Labute approximate surface area is 90.7 Å². The summed E-state index contributed by atoms with van der Waals surface area (Å²) in [6, 6.07) is 9.76. The lowest BCUT2D eigenvalue weighted by Gasteiger charge is -2.26. The Kier molecular flexibility index (Phi) is 4.31. The van der Waals surface area contributed by atoms with Crippen LogP contribution >= 0.6 is 0 Å². The lowest BCUT2D eigenvalue weighted by Crippen LogP contribution is -2.39. The molecule has 0 spiro atoms. The van der Waals surface area contributed by atoms with Crippen molar-refractivity contribution in [3.63, 3.8) is 0 Å². The van der Waals surface area contributed by atoms with Gasteiger partial charge >= 0.3 is 0 Å². The second-order valence-electron chi connectivity index (χ2n) is 3.63. The maximum Gasteiger partial charge on any atom is 0.253 e. The largest absolute Gasteiger partial charge is 0.375 e. The third-order valence-corrected chi connectivity index (χ3v) is 2.09. The maximum atomic E-state index is 11.8. The number of para-hydroxylation sites is 1. The van der Waals surface area contributed by atoms with Gasteiger partial charge in [-0.25, -0.2) is 0 Å². The van der Waals surface area contributed by atoms with Crippen molar-refractivity contribution in [3.8, 4) is 0 Å². The molecule has 1 aromatic rings. The summed E-state index contributed by atoms with van der Waals surface area (Å²) in [6.07, 6.45) is 0. The van der Waals surface area contributed by atoms with Gasteiger partial charge in [0, 0.05) is 18.8 Å². The molecule has 0 aromatic heterocycles. The van der Waals surface area contributed by atoms with Gasteiger partial charge in [0.2, 0.25) is 0 Å². The SMILES string of the molecule is COCC(=O)N(c1ccccc1)C(C)C. The molecule has 0 radical (unpaired) electrons. The van der Waals surface area contributed by atoms with E-state index in [-0.39, 0.29) is 18.6 Å². The first-order chi connectivity index (χ1) is 7.16. The van der Waals surface area contributed by atoms with Gasteiger partial charge in [-0.05, 0) is 26.0 Å². The van der Waals surface area contributed by atoms with Crippen LogP contribution in [0.25, 0.3) is 0 Å². The third-order valence-electron chi connectivity index (χ3n) is 2.09. The van der Waals surface area contributed by atoms with Gasteiger partial charge in [0.05, 0.1) is 0 Å². The molecule has 0 fully saturated rings. The van der Waals surface area contributed by atoms with E-state index in [0.717, 1.165) is 5.69 Å². The van der Waals surface area contributed by atoms with E-state index < -0.39 is 0 Å². The molecular weight excluding hydrogens is 190 g/mol. The fourth-order valence-electron chi connectivity index (χ4n) is 1.51. The molecular formula is C12H17NO2. The van der Waals surface area contributed by atoms with E-state index in [1.807, 2.05) is 44.2 Å². The maximum absolute atomic E-state index is 11.8. The zero-order valence-electron chi connectivity index (χ0n) is 9.43. The number of nitrogens with zero attached hydrogens (tertiary/aromatic N) is 1. The number of methoxy groups -OCH3 is 1. The standard InChI is InChI=1S/C12H17NO2/c1-10(2)13(12(14)9-15-3)11-7-5-4-6-8-11/h4-8,10H,9H2,1-3H3. The van der Waals surface area contributed by atoms with Gasteiger partial charge in [-0.2, -0.15) is 0 Å². The molecule has 0 N–H and O–H groups in total. The average Bonchev–Trinajstić information content (AvgIpc) is 2.19. The van der Waals surface area contributed by atoms with Crippen molar-refractivity contribution in [1.29, 1.82) is 0 Å². The highest BCUT2D eigenvalue weighted by Crippen LogP contribution is 2.16. The molecule has 0 unspecified atom stereocenters. The molecule has 0 atom stereocenters. The van der Waals surface area contributed by atoms with E-state index in [9.17, 15) is 4.79 Å². The summed E-state index contributed by atoms with van der Waals surface area (Å²) >= 11 is 0. The van der Waals surface area contributed by atoms with Crippen LogP contribution in [0.1, 0.15) is 13.8 Å². The van der Waals surface area contributed by atoms with Crippen LogP contribution in [-0.4, -0.2) is 25.7 Å². The molecule has 1 rings (SSSR count). The molecule has 3 heteroatoms. The molecule has 1 amide bonds. The molecule has 0 bridgehead atoms. The Balaban J connectivity index is 2.88. The first kappa shape index (κ1) is 11.7. The first-order valence-corrected chi connectivity index (χ1v) is 5.03. The second-order valence-corrected chi connectivity index (χ2v) is 3.63. The van der Waals surface area contributed by atoms with Crippen LogP contribution in [0.2, 0.25) is 0 Å². The zero-order chi connectivity index (χ0) is 11.3. The molecule has 0 aliphatic heterocycles. The van der Waals surface area contributed by atoms with Crippen LogP contribution in [0.5, 0.6) is 0 Å². The predicted octanol–water partition coefficient (Wildman–Crippen LogP) is 2.07. The number of carbonyl (C=O) groups excluding carboxylic acids is 1. The Morgan fingerprint density at radius 2 is 1.93 bits per heavy atom. The Morgan fingerprint density at radius 3 is 2.40 bits per heavy atom. The van der Waals surface area contributed by atoms with Crippen LogP contribution in [0.4, 0.5) is 5.69 Å². The Bertz CT molecular complexity index is 309. The van der Waals surface area contributed by atoms with E-state index in [4.69, 9.17) is 4.74 Å². The molecule has 0 heterocycles. The molecule has 0 saturated carbocycles. The number of hydrogen-bond donors (Lipinski definition) is 0. The summed E-state index contributed by atoms with van der Waals surface area (Å²) in [5.41, 5.74) is 0.912. The van der Waals surface area contributed by atoms with Crippen molar-refractivity contribution in [2.24, 2.45) is 0 Å². The highest BCUT2D eigenvalue weighted by Gasteiger charge is 2.17. The van der Waals surface area contributed by atoms with Gasteiger partial charge < -0.3 is 9.64 Å². The van der Waals surface area contributed by atoms with Crippen molar-refractivity contribution in [3.05, 3.63) is 30.3 Å². The molecule has 3 nitrogen and oxygen atoms in total. The van der Waals surface area contributed by atoms with Crippen LogP contribution in [0.3, 0.4) is 0 Å². The second kappa shape index (κ2) is 5.51. The van der Waals surface area contributed by atoms with Gasteiger partial charge in [0.15, 0.2) is 0 Å². The fourth-order valence-corrected chi connectivity index (χ4v) is 1.51. The highest BCUT2D eigenvalue weighted by atomic mass is 16.5. The van der Waals surface area contributed by atoms with Gasteiger partial charge in [0.1, 0.15) is 6.61 Å². The van der Waals surface area contributed by atoms with E-state index in [1.165, 1.54) is 7.11 Å². The summed E-state index contributed by atoms with van der Waals surface area (Å²) in [5, 5.41) is 0. The summed E-state index contributed by atoms with van der Waals surface area (Å²) in [5.74, 6) is -0.0151.